The SMILES string of the molecule is C=Cc1ccccn1.C=O.Oc1cccc(O)c1. The van der Waals surface area contributed by atoms with Gasteiger partial charge in [-0.3, -0.25) is 4.98 Å². The summed E-state index contributed by atoms with van der Waals surface area (Å²) in [5.74, 6) is 0.176. The number of carbonyl (C=O) groups excluding carboxylic acids is 1. The number of carbonyl (C=O) groups is 1. The molecular formula is C14H15NO3. The molecule has 0 fully saturated rings. The van der Waals surface area contributed by atoms with Crippen LogP contribution in [0, 0.1) is 0 Å². The summed E-state index contributed by atoms with van der Waals surface area (Å²) in [5, 5.41) is 17.3. The first kappa shape index (κ1) is 15.4. The number of rotatable bonds is 1. The first-order chi connectivity index (χ1) is 8.72. The van der Waals surface area contributed by atoms with Gasteiger partial charge in [-0.15, -0.1) is 0 Å². The first-order valence-electron chi connectivity index (χ1n) is 5.02. The molecule has 4 nitrogen and oxygen atoms in total. The molecule has 0 amide bonds. The Morgan fingerprint density at radius 1 is 1.00 bits per heavy atom. The van der Waals surface area contributed by atoms with Gasteiger partial charge in [-0.2, -0.15) is 0 Å². The van der Waals surface area contributed by atoms with Crippen molar-refractivity contribution >= 4 is 12.9 Å². The smallest absolute Gasteiger partial charge is 0.119 e. The van der Waals surface area contributed by atoms with Crippen molar-refractivity contribution in [3.63, 3.8) is 0 Å². The highest BCUT2D eigenvalue weighted by molar-refractivity contribution is 5.40. The van der Waals surface area contributed by atoms with E-state index in [0.717, 1.165) is 5.69 Å². The van der Waals surface area contributed by atoms with E-state index in [1.54, 1.807) is 18.3 Å². The molecule has 18 heavy (non-hydrogen) atoms. The zero-order valence-electron chi connectivity index (χ0n) is 9.86. The van der Waals surface area contributed by atoms with E-state index in [9.17, 15) is 0 Å². The number of phenols is 2. The van der Waals surface area contributed by atoms with Crippen molar-refractivity contribution in [2.24, 2.45) is 0 Å². The number of nitrogens with zero attached hydrogens (tertiary/aromatic N) is 1. The lowest BCUT2D eigenvalue weighted by Gasteiger charge is -1.89. The lowest BCUT2D eigenvalue weighted by Crippen LogP contribution is -1.73. The van der Waals surface area contributed by atoms with Crippen molar-refractivity contribution in [2.75, 3.05) is 0 Å². The second kappa shape index (κ2) is 9.59. The number of benzene rings is 1. The van der Waals surface area contributed by atoms with E-state index in [4.69, 9.17) is 15.0 Å². The number of aromatic nitrogens is 1. The van der Waals surface area contributed by atoms with Crippen LogP contribution in [0.4, 0.5) is 0 Å². The number of aromatic hydroxyl groups is 2. The normalized spacial score (nSPS) is 8.00. The van der Waals surface area contributed by atoms with E-state index in [0.29, 0.717) is 0 Å². The lowest BCUT2D eigenvalue weighted by molar-refractivity contribution is -0.0979. The zero-order chi connectivity index (χ0) is 13.8. The fourth-order valence-electron chi connectivity index (χ4n) is 0.990. The maximum atomic E-state index is 8.65. The Bertz CT molecular complexity index is 440. The summed E-state index contributed by atoms with van der Waals surface area (Å²) < 4.78 is 0. The predicted octanol–water partition coefficient (Wildman–Crippen LogP) is 2.64. The topological polar surface area (TPSA) is 70.4 Å². The van der Waals surface area contributed by atoms with Gasteiger partial charge < -0.3 is 15.0 Å². The van der Waals surface area contributed by atoms with Crippen LogP contribution in [-0.4, -0.2) is 22.0 Å². The Balaban J connectivity index is 0.000000283. The molecule has 0 saturated carbocycles. The van der Waals surface area contributed by atoms with Gasteiger partial charge in [0.2, 0.25) is 0 Å². The molecule has 0 bridgehead atoms. The van der Waals surface area contributed by atoms with Crippen LogP contribution in [0.15, 0.2) is 55.2 Å². The van der Waals surface area contributed by atoms with Crippen LogP contribution in [0.1, 0.15) is 5.69 Å². The summed E-state index contributed by atoms with van der Waals surface area (Å²) in [6.07, 6.45) is 3.47. The number of phenolic OH excluding ortho intramolecular Hbond substituents is 2. The lowest BCUT2D eigenvalue weighted by atomic mass is 10.3. The molecule has 0 radical (unpaired) electrons. The Hall–Kier alpha value is -2.62. The average Bonchev–Trinajstić information content (AvgIpc) is 2.42. The highest BCUT2D eigenvalue weighted by atomic mass is 16.3. The summed E-state index contributed by atoms with van der Waals surface area (Å²) in [4.78, 5) is 12.0. The fourth-order valence-corrected chi connectivity index (χ4v) is 0.990. The molecule has 0 unspecified atom stereocenters. The molecule has 0 saturated heterocycles. The van der Waals surface area contributed by atoms with Gasteiger partial charge in [-0.1, -0.05) is 18.7 Å². The summed E-state index contributed by atoms with van der Waals surface area (Å²) >= 11 is 0. The Morgan fingerprint density at radius 2 is 1.61 bits per heavy atom. The van der Waals surface area contributed by atoms with E-state index < -0.39 is 0 Å². The quantitative estimate of drug-likeness (QED) is 0.810. The second-order valence-corrected chi connectivity index (χ2v) is 2.98. The molecule has 2 aromatic rings. The Kier molecular flexibility index (Phi) is 8.20. The fraction of sp³-hybridized carbons (Fsp3) is 0. The van der Waals surface area contributed by atoms with Crippen LogP contribution in [0.2, 0.25) is 0 Å². The van der Waals surface area contributed by atoms with Crippen LogP contribution in [-0.2, 0) is 4.79 Å². The van der Waals surface area contributed by atoms with Crippen LogP contribution < -0.4 is 0 Å². The number of hydrogen-bond acceptors (Lipinski definition) is 4. The van der Waals surface area contributed by atoms with Gasteiger partial charge in [-0.05, 0) is 30.3 Å². The zero-order valence-corrected chi connectivity index (χ0v) is 9.86. The van der Waals surface area contributed by atoms with Gasteiger partial charge in [0.15, 0.2) is 0 Å². The van der Waals surface area contributed by atoms with Gasteiger partial charge in [-0.25, -0.2) is 0 Å². The largest absolute Gasteiger partial charge is 0.508 e. The predicted molar refractivity (Wildman–Crippen MR) is 71.2 cm³/mol. The molecule has 0 aliphatic carbocycles. The summed E-state index contributed by atoms with van der Waals surface area (Å²) in [5.41, 5.74) is 0.924. The van der Waals surface area contributed by atoms with Crippen molar-refractivity contribution in [2.45, 2.75) is 0 Å². The molecule has 0 atom stereocenters. The molecule has 94 valence electrons. The molecule has 2 rings (SSSR count). The average molecular weight is 245 g/mol. The minimum Gasteiger partial charge on any atom is -0.508 e. The van der Waals surface area contributed by atoms with Gasteiger partial charge in [0, 0.05) is 12.3 Å². The monoisotopic (exact) mass is 245 g/mol. The molecule has 2 N–H and O–H groups in total. The van der Waals surface area contributed by atoms with Crippen LogP contribution in [0.25, 0.3) is 6.08 Å². The first-order valence-corrected chi connectivity index (χ1v) is 5.02. The minimum atomic E-state index is 0.0880. The Morgan fingerprint density at radius 3 is 1.89 bits per heavy atom. The van der Waals surface area contributed by atoms with Gasteiger partial charge in [0.05, 0.1) is 5.69 Å². The summed E-state index contributed by atoms with van der Waals surface area (Å²) in [7, 11) is 0. The van der Waals surface area contributed by atoms with Crippen molar-refractivity contribution in [3.8, 4) is 11.5 Å². The Labute approximate surface area is 106 Å². The third-order valence-electron chi connectivity index (χ3n) is 1.73. The standard InChI is InChI=1S/C7H7N.C6H6O2.CH2O/c1-2-7-5-3-4-6-8-7;7-5-2-1-3-6(8)4-5;1-2/h2-6H,1H2;1-4,7-8H;1H2. The van der Waals surface area contributed by atoms with E-state index in [2.05, 4.69) is 11.6 Å². The van der Waals surface area contributed by atoms with E-state index in [1.165, 1.54) is 18.2 Å². The van der Waals surface area contributed by atoms with Crippen molar-refractivity contribution in [1.82, 2.24) is 4.98 Å². The van der Waals surface area contributed by atoms with E-state index in [1.807, 2.05) is 25.0 Å². The van der Waals surface area contributed by atoms with Crippen molar-refractivity contribution < 1.29 is 15.0 Å². The van der Waals surface area contributed by atoms with Crippen LogP contribution in [0.5, 0.6) is 11.5 Å². The summed E-state index contributed by atoms with van der Waals surface area (Å²) in [6, 6.07) is 11.6. The maximum Gasteiger partial charge on any atom is 0.119 e. The van der Waals surface area contributed by atoms with Crippen LogP contribution >= 0.6 is 0 Å². The van der Waals surface area contributed by atoms with Crippen LogP contribution in [0.3, 0.4) is 0 Å². The molecule has 4 heteroatoms. The van der Waals surface area contributed by atoms with Crippen molar-refractivity contribution in [3.05, 3.63) is 60.9 Å². The number of hydrogen-bond donors (Lipinski definition) is 2. The molecule has 0 spiro atoms. The molecular weight excluding hydrogens is 230 g/mol. The van der Waals surface area contributed by atoms with Crippen molar-refractivity contribution in [1.29, 1.82) is 0 Å². The third kappa shape index (κ3) is 6.79. The second-order valence-electron chi connectivity index (χ2n) is 2.98. The summed E-state index contributed by atoms with van der Waals surface area (Å²) in [6.45, 7) is 5.57. The highest BCUT2D eigenvalue weighted by Crippen LogP contribution is 2.14. The van der Waals surface area contributed by atoms with E-state index >= 15 is 0 Å². The van der Waals surface area contributed by atoms with Gasteiger partial charge in [0.25, 0.3) is 0 Å². The minimum absolute atomic E-state index is 0.0880. The molecule has 0 aliphatic heterocycles. The molecule has 1 aromatic carbocycles. The molecule has 1 aromatic heterocycles. The van der Waals surface area contributed by atoms with E-state index in [-0.39, 0.29) is 11.5 Å². The molecule has 0 aliphatic rings. The third-order valence-corrected chi connectivity index (χ3v) is 1.73. The maximum absolute atomic E-state index is 8.65. The number of pyridine rings is 1. The molecule has 1 heterocycles. The van der Waals surface area contributed by atoms with Gasteiger partial charge in [0.1, 0.15) is 18.3 Å². The van der Waals surface area contributed by atoms with Gasteiger partial charge >= 0.3 is 0 Å². The highest BCUT2D eigenvalue weighted by Gasteiger charge is 1.85.